The maximum atomic E-state index is 12.9. The smallest absolute Gasteiger partial charge is 0.208 e. The minimum absolute atomic E-state index is 0.0356. The molecule has 4 heteroatoms. The average molecular weight is 388 g/mol. The van der Waals surface area contributed by atoms with E-state index >= 15 is 0 Å². The number of hydrogen-bond acceptors (Lipinski definition) is 2. The predicted octanol–water partition coefficient (Wildman–Crippen LogP) is 5.49. The first-order valence-electron chi connectivity index (χ1n) is 10.1. The highest BCUT2D eigenvalue weighted by Crippen LogP contribution is 2.21. The third-order valence-corrected chi connectivity index (χ3v) is 6.68. The molecule has 3 nitrogen and oxygen atoms in total. The summed E-state index contributed by atoms with van der Waals surface area (Å²) in [7, 11) is -3.49. The van der Waals surface area contributed by atoms with Gasteiger partial charge >= 0.3 is 0 Å². The van der Waals surface area contributed by atoms with Crippen molar-refractivity contribution >= 4 is 10.0 Å². The van der Waals surface area contributed by atoms with E-state index in [2.05, 4.69) is 42.8 Å². The van der Waals surface area contributed by atoms with Gasteiger partial charge in [-0.3, -0.25) is 0 Å². The molecule has 0 aliphatic carbocycles. The van der Waals surface area contributed by atoms with Gasteiger partial charge in [-0.2, -0.15) is 0 Å². The van der Waals surface area contributed by atoms with Crippen molar-refractivity contribution in [3.8, 4) is 0 Å². The first kappa shape index (κ1) is 21.6. The fourth-order valence-electron chi connectivity index (χ4n) is 3.30. The van der Waals surface area contributed by atoms with Crippen molar-refractivity contribution in [3.63, 3.8) is 0 Å². The van der Waals surface area contributed by atoms with Crippen LogP contribution in [0.15, 0.2) is 59.5 Å². The number of rotatable bonds is 11. The summed E-state index contributed by atoms with van der Waals surface area (Å²) in [5.41, 5.74) is 2.36. The lowest BCUT2D eigenvalue weighted by molar-refractivity contribution is 0.367. The van der Waals surface area contributed by atoms with Crippen LogP contribution in [0.2, 0.25) is 0 Å². The zero-order valence-electron chi connectivity index (χ0n) is 16.8. The number of hydrogen-bond donors (Lipinski definition) is 1. The van der Waals surface area contributed by atoms with Crippen molar-refractivity contribution in [1.29, 1.82) is 0 Å². The van der Waals surface area contributed by atoms with E-state index in [0.717, 1.165) is 44.1 Å². The zero-order valence-corrected chi connectivity index (χ0v) is 17.6. The predicted molar refractivity (Wildman–Crippen MR) is 113 cm³/mol. The number of sulfonamides is 1. The second-order valence-electron chi connectivity index (χ2n) is 7.54. The van der Waals surface area contributed by atoms with E-state index in [-0.39, 0.29) is 12.0 Å². The Morgan fingerprint density at radius 1 is 0.926 bits per heavy atom. The Bertz CT molecular complexity index is 770. The first-order valence-corrected chi connectivity index (χ1v) is 11.5. The highest BCUT2D eigenvalue weighted by molar-refractivity contribution is 7.89. The number of unbranched alkanes of at least 4 members (excludes halogenated alkanes) is 2. The monoisotopic (exact) mass is 387 g/mol. The molecule has 2 rings (SSSR count). The van der Waals surface area contributed by atoms with Gasteiger partial charge in [-0.05, 0) is 49.8 Å². The molecule has 27 heavy (non-hydrogen) atoms. The molecule has 0 saturated carbocycles. The molecule has 2 atom stereocenters. The molecule has 2 aromatic carbocycles. The summed E-state index contributed by atoms with van der Waals surface area (Å²) in [6.45, 7) is 6.30. The van der Waals surface area contributed by atoms with Gasteiger partial charge in [-0.1, -0.05) is 81.1 Å². The molecule has 2 aromatic rings. The van der Waals surface area contributed by atoms with Crippen LogP contribution >= 0.6 is 0 Å². The Labute approximate surface area is 165 Å². The van der Waals surface area contributed by atoms with E-state index in [1.54, 1.807) is 12.1 Å². The zero-order chi connectivity index (χ0) is 19.7. The molecular weight excluding hydrogens is 354 g/mol. The summed E-state index contributed by atoms with van der Waals surface area (Å²) in [6, 6.07) is 17.4. The third kappa shape index (κ3) is 7.11. The van der Waals surface area contributed by atoms with Crippen LogP contribution in [0.25, 0.3) is 0 Å². The van der Waals surface area contributed by atoms with Crippen molar-refractivity contribution in [2.75, 3.05) is 0 Å². The molecule has 148 valence electrons. The Morgan fingerprint density at radius 3 is 2.22 bits per heavy atom. The standard InChI is InChI=1S/C23H33NO2S/c1-4-5-7-12-23(20(3)15-16-21-10-8-6-9-11-21)24-27(25,26)22-17-13-19(2)14-18-22/h6,8-11,13-14,17-18,20,23-24H,4-5,7,12,15-16H2,1-3H3. The lowest BCUT2D eigenvalue weighted by Crippen LogP contribution is -2.39. The van der Waals surface area contributed by atoms with E-state index in [4.69, 9.17) is 0 Å². The van der Waals surface area contributed by atoms with Crippen LogP contribution in [-0.4, -0.2) is 14.5 Å². The summed E-state index contributed by atoms with van der Waals surface area (Å²) < 4.78 is 28.7. The van der Waals surface area contributed by atoms with Gasteiger partial charge in [-0.15, -0.1) is 0 Å². The summed E-state index contributed by atoms with van der Waals surface area (Å²) in [5, 5.41) is 0. The van der Waals surface area contributed by atoms with E-state index < -0.39 is 10.0 Å². The van der Waals surface area contributed by atoms with Gasteiger partial charge in [-0.25, -0.2) is 13.1 Å². The molecule has 0 heterocycles. The van der Waals surface area contributed by atoms with Crippen LogP contribution in [0.5, 0.6) is 0 Å². The fraction of sp³-hybridized carbons (Fsp3) is 0.478. The maximum Gasteiger partial charge on any atom is 0.240 e. The van der Waals surface area contributed by atoms with Gasteiger partial charge in [0.2, 0.25) is 10.0 Å². The Kier molecular flexibility index (Phi) is 8.52. The topological polar surface area (TPSA) is 46.2 Å². The first-order chi connectivity index (χ1) is 12.9. The molecule has 0 aromatic heterocycles. The molecule has 1 N–H and O–H groups in total. The minimum Gasteiger partial charge on any atom is -0.208 e. The normalized spacial score (nSPS) is 14.0. The van der Waals surface area contributed by atoms with Crippen molar-refractivity contribution in [3.05, 3.63) is 65.7 Å². The molecule has 0 aliphatic heterocycles. The van der Waals surface area contributed by atoms with Gasteiger partial charge in [0.1, 0.15) is 0 Å². The largest absolute Gasteiger partial charge is 0.240 e. The second kappa shape index (κ2) is 10.6. The SMILES string of the molecule is CCCCCC(NS(=O)(=O)c1ccc(C)cc1)C(C)CCc1ccccc1. The minimum atomic E-state index is -3.49. The van der Waals surface area contributed by atoms with Crippen LogP contribution in [0.3, 0.4) is 0 Å². The Morgan fingerprint density at radius 2 is 1.59 bits per heavy atom. The highest BCUT2D eigenvalue weighted by atomic mass is 32.2. The molecule has 2 unspecified atom stereocenters. The molecule has 0 fully saturated rings. The van der Waals surface area contributed by atoms with Crippen LogP contribution in [0, 0.1) is 12.8 Å². The van der Waals surface area contributed by atoms with Gasteiger partial charge in [0.05, 0.1) is 4.90 Å². The van der Waals surface area contributed by atoms with Crippen LogP contribution in [-0.2, 0) is 16.4 Å². The number of nitrogens with one attached hydrogen (secondary N) is 1. The maximum absolute atomic E-state index is 12.9. The van der Waals surface area contributed by atoms with E-state index in [1.807, 2.05) is 25.1 Å². The molecule has 0 radical (unpaired) electrons. The summed E-state index contributed by atoms with van der Waals surface area (Å²) >= 11 is 0. The lowest BCUT2D eigenvalue weighted by Gasteiger charge is -2.25. The third-order valence-electron chi connectivity index (χ3n) is 5.17. The van der Waals surface area contributed by atoms with E-state index in [9.17, 15) is 8.42 Å². The van der Waals surface area contributed by atoms with Crippen molar-refractivity contribution in [2.45, 2.75) is 70.2 Å². The van der Waals surface area contributed by atoms with Gasteiger partial charge in [0, 0.05) is 6.04 Å². The summed E-state index contributed by atoms with van der Waals surface area (Å²) in [4.78, 5) is 0.351. The molecule has 0 bridgehead atoms. The van der Waals surface area contributed by atoms with Crippen LogP contribution < -0.4 is 4.72 Å². The van der Waals surface area contributed by atoms with E-state index in [1.165, 1.54) is 5.56 Å². The summed E-state index contributed by atoms with van der Waals surface area (Å²) in [6.07, 6.45) is 6.14. The quantitative estimate of drug-likeness (QED) is 0.518. The second-order valence-corrected chi connectivity index (χ2v) is 9.25. The lowest BCUT2D eigenvalue weighted by atomic mass is 9.91. The van der Waals surface area contributed by atoms with Crippen molar-refractivity contribution in [1.82, 2.24) is 4.72 Å². The molecular formula is C23H33NO2S. The molecule has 0 saturated heterocycles. The Balaban J connectivity index is 2.06. The number of aryl methyl sites for hydroxylation is 2. The highest BCUT2D eigenvalue weighted by Gasteiger charge is 2.24. The van der Waals surface area contributed by atoms with Gasteiger partial charge in [0.25, 0.3) is 0 Å². The molecule has 0 amide bonds. The van der Waals surface area contributed by atoms with Crippen molar-refractivity contribution in [2.24, 2.45) is 5.92 Å². The Hall–Kier alpha value is -1.65. The number of benzene rings is 2. The fourth-order valence-corrected chi connectivity index (χ4v) is 4.68. The van der Waals surface area contributed by atoms with Gasteiger partial charge in [0.15, 0.2) is 0 Å². The average Bonchev–Trinajstić information content (AvgIpc) is 2.66. The summed E-state index contributed by atoms with van der Waals surface area (Å²) in [5.74, 6) is 0.280. The van der Waals surface area contributed by atoms with Crippen LogP contribution in [0.4, 0.5) is 0 Å². The van der Waals surface area contributed by atoms with Gasteiger partial charge < -0.3 is 0 Å². The molecule has 0 aliphatic rings. The van der Waals surface area contributed by atoms with E-state index in [0.29, 0.717) is 4.90 Å². The van der Waals surface area contributed by atoms with Crippen LogP contribution in [0.1, 0.15) is 57.1 Å². The molecule has 0 spiro atoms. The van der Waals surface area contributed by atoms with Crippen molar-refractivity contribution < 1.29 is 8.42 Å².